The van der Waals surface area contributed by atoms with Crippen molar-refractivity contribution in [3.8, 4) is 39.1 Å². The number of rotatable bonds is 11. The van der Waals surface area contributed by atoms with Crippen molar-refractivity contribution in [3.63, 3.8) is 0 Å². The van der Waals surface area contributed by atoms with Crippen molar-refractivity contribution in [2.24, 2.45) is 22.7 Å². The summed E-state index contributed by atoms with van der Waals surface area (Å²) in [5.41, 5.74) is 20.6. The monoisotopic (exact) mass is 917 g/mol. The lowest BCUT2D eigenvalue weighted by molar-refractivity contribution is 0.229. The molecule has 1 aromatic heterocycles. The molecule has 2 nitrogen and oxygen atoms in total. The van der Waals surface area contributed by atoms with Gasteiger partial charge in [0.25, 0.3) is 0 Å². The van der Waals surface area contributed by atoms with Crippen molar-refractivity contribution in [3.05, 3.63) is 210 Å². The first kappa shape index (κ1) is 47.1. The van der Waals surface area contributed by atoms with Crippen molar-refractivity contribution in [2.45, 2.75) is 107 Å². The molecule has 0 amide bonds. The summed E-state index contributed by atoms with van der Waals surface area (Å²) < 4.78 is 2.44. The number of fused-ring (bicyclic) bond motifs is 6. The van der Waals surface area contributed by atoms with Crippen molar-refractivity contribution in [2.75, 3.05) is 4.90 Å². The summed E-state index contributed by atoms with van der Waals surface area (Å²) in [4.78, 5) is 2.49. The number of aromatic nitrogens is 1. The first-order chi connectivity index (χ1) is 33.5. The van der Waals surface area contributed by atoms with E-state index < -0.39 is 0 Å². The molecule has 2 unspecified atom stereocenters. The first-order valence-corrected chi connectivity index (χ1v) is 25.9. The maximum absolute atomic E-state index is 2.52. The van der Waals surface area contributed by atoms with E-state index in [1.165, 1.54) is 94.5 Å². The van der Waals surface area contributed by atoms with Gasteiger partial charge in [-0.25, -0.2) is 0 Å². The predicted molar refractivity (Wildman–Crippen MR) is 303 cm³/mol. The van der Waals surface area contributed by atoms with Crippen LogP contribution in [-0.2, 0) is 5.41 Å². The van der Waals surface area contributed by atoms with Crippen LogP contribution >= 0.6 is 0 Å². The molecule has 8 aromatic rings. The lowest BCUT2D eigenvalue weighted by Crippen LogP contribution is -2.23. The van der Waals surface area contributed by atoms with Crippen LogP contribution < -0.4 is 4.90 Å². The topological polar surface area (TPSA) is 8.17 Å². The van der Waals surface area contributed by atoms with E-state index in [1.807, 2.05) is 0 Å². The molecule has 0 radical (unpaired) electrons. The van der Waals surface area contributed by atoms with Gasteiger partial charge in [-0.3, -0.25) is 0 Å². The fraction of sp³-hybridized carbons (Fsp3) is 0.294. The third-order valence-electron chi connectivity index (χ3n) is 15.5. The molecule has 2 aliphatic rings. The molecular weight excluding hydrogens is 845 g/mol. The lowest BCUT2D eigenvalue weighted by Gasteiger charge is -2.36. The minimum Gasteiger partial charge on any atom is -0.311 e. The van der Waals surface area contributed by atoms with Crippen molar-refractivity contribution in [1.29, 1.82) is 0 Å². The fourth-order valence-corrected chi connectivity index (χ4v) is 11.6. The van der Waals surface area contributed by atoms with Gasteiger partial charge >= 0.3 is 0 Å². The van der Waals surface area contributed by atoms with Crippen molar-refractivity contribution < 1.29 is 0 Å². The Kier molecular flexibility index (Phi) is 12.3. The van der Waals surface area contributed by atoms with Gasteiger partial charge in [0, 0.05) is 38.9 Å². The number of benzene rings is 7. The molecule has 0 saturated heterocycles. The molecule has 0 N–H and O–H groups in total. The highest BCUT2D eigenvalue weighted by Crippen LogP contribution is 2.51. The Morgan fingerprint density at radius 3 is 1.86 bits per heavy atom. The molecule has 0 spiro atoms. The molecule has 2 heteroatoms. The van der Waals surface area contributed by atoms with Crippen LogP contribution in [0, 0.1) is 29.6 Å². The van der Waals surface area contributed by atoms with Gasteiger partial charge in [-0.05, 0) is 172 Å². The summed E-state index contributed by atoms with van der Waals surface area (Å²) in [6, 6.07) is 57.9. The van der Waals surface area contributed by atoms with E-state index in [4.69, 9.17) is 0 Å². The Balaban J connectivity index is 1.05. The summed E-state index contributed by atoms with van der Waals surface area (Å²) >= 11 is 0. The summed E-state index contributed by atoms with van der Waals surface area (Å²) in [5.74, 6) is 1.35. The number of allylic oxidation sites excluding steroid dienone is 5. The van der Waals surface area contributed by atoms with E-state index in [-0.39, 0.29) is 16.2 Å². The number of hydrogen-bond donors (Lipinski definition) is 0. The van der Waals surface area contributed by atoms with Crippen LogP contribution in [0.4, 0.5) is 11.4 Å². The Morgan fingerprint density at radius 1 is 0.657 bits per heavy atom. The number of anilines is 2. The molecule has 70 heavy (non-hydrogen) atoms. The Bertz CT molecular complexity index is 3300. The molecular formula is C68H72N2. The number of hydrogen-bond acceptors (Lipinski definition) is 1. The molecule has 0 bridgehead atoms. The lowest BCUT2D eigenvalue weighted by atomic mass is 9.69. The zero-order valence-corrected chi connectivity index (χ0v) is 43.6. The molecule has 0 saturated carbocycles. The van der Waals surface area contributed by atoms with Gasteiger partial charge in [0.15, 0.2) is 0 Å². The van der Waals surface area contributed by atoms with E-state index in [1.54, 1.807) is 0 Å². The van der Waals surface area contributed by atoms with E-state index in [0.717, 1.165) is 24.9 Å². The van der Waals surface area contributed by atoms with E-state index in [9.17, 15) is 0 Å². The van der Waals surface area contributed by atoms with Gasteiger partial charge in [-0.15, -0.1) is 0 Å². The Hall–Kier alpha value is -6.64. The summed E-state index contributed by atoms with van der Waals surface area (Å²) in [6.07, 6.45) is 15.2. The average molecular weight is 917 g/mol. The summed E-state index contributed by atoms with van der Waals surface area (Å²) in [7, 11) is 0. The highest BCUT2D eigenvalue weighted by atomic mass is 15.1. The Morgan fingerprint density at radius 2 is 1.24 bits per heavy atom. The van der Waals surface area contributed by atoms with E-state index >= 15 is 0 Å². The fourth-order valence-electron chi connectivity index (χ4n) is 11.6. The zero-order chi connectivity index (χ0) is 49.1. The minimum atomic E-state index is -0.0928. The molecule has 2 aliphatic carbocycles. The van der Waals surface area contributed by atoms with Crippen LogP contribution in [-0.4, -0.2) is 4.57 Å². The van der Waals surface area contributed by atoms with Gasteiger partial charge in [-0.1, -0.05) is 190 Å². The van der Waals surface area contributed by atoms with Gasteiger partial charge in [0.05, 0.1) is 11.0 Å². The molecule has 7 aromatic carbocycles. The second-order valence-corrected chi connectivity index (χ2v) is 23.3. The molecule has 1 heterocycles. The van der Waals surface area contributed by atoms with Crippen LogP contribution in [0.5, 0.6) is 0 Å². The second kappa shape index (κ2) is 18.3. The minimum absolute atomic E-state index is 0.0928. The van der Waals surface area contributed by atoms with Gasteiger partial charge < -0.3 is 9.47 Å². The standard InChI is InChI=1S/C68H72N2/c1-12-13-17-46(3)50-18-16-19-55(40-50)69(56-36-37-58-57-20-14-15-21-61(57)68(10,11)62(58)43-56)53-34-28-48(29-35-53)52-31-39-65-60(42-52)59-41-51(30-38-64(59)70(65)54-32-22-45(2)23-33-54)47-24-26-49(27-25-47)63(67(7,8)9)44-66(4,5)6/h13-17,19-43,46,50,63H,12,18,44H2,1-11H3/b17-13-/t46-,50?,63?/m1/s1. The first-order valence-electron chi connectivity index (χ1n) is 25.9. The normalized spacial score (nSPS) is 16.4. The Labute approximate surface area is 419 Å². The third-order valence-corrected chi connectivity index (χ3v) is 15.5. The largest absolute Gasteiger partial charge is 0.311 e. The smallest absolute Gasteiger partial charge is 0.0541 e. The van der Waals surface area contributed by atoms with Crippen molar-refractivity contribution >= 4 is 33.2 Å². The summed E-state index contributed by atoms with van der Waals surface area (Å²) in [5, 5.41) is 2.52. The van der Waals surface area contributed by atoms with Gasteiger partial charge in [0.2, 0.25) is 0 Å². The maximum atomic E-state index is 2.52. The molecule has 0 fully saturated rings. The van der Waals surface area contributed by atoms with Crippen LogP contribution in [0.15, 0.2) is 188 Å². The number of nitrogens with zero attached hydrogens (tertiary/aromatic N) is 2. The molecule has 10 rings (SSSR count). The van der Waals surface area contributed by atoms with E-state index in [2.05, 4.69) is 268 Å². The highest BCUT2D eigenvalue weighted by molar-refractivity contribution is 6.11. The second-order valence-electron chi connectivity index (χ2n) is 23.3. The average Bonchev–Trinajstić information content (AvgIpc) is 3.79. The highest BCUT2D eigenvalue weighted by Gasteiger charge is 2.36. The SMILES string of the molecule is CC/C=C\[C@@H](C)C1C=C(N(c2ccc(-c3ccc4c(c3)c3cc(-c5ccc(C(CC(C)(C)C)C(C)(C)C)cc5)ccc3n4-c3ccc(C)cc3)cc2)c2ccc3c(c2)C(C)(C)c2ccccc2-3)C=CC1. The van der Waals surface area contributed by atoms with Crippen LogP contribution in [0.3, 0.4) is 0 Å². The van der Waals surface area contributed by atoms with Crippen LogP contribution in [0.2, 0.25) is 0 Å². The van der Waals surface area contributed by atoms with Gasteiger partial charge in [-0.2, -0.15) is 0 Å². The predicted octanol–water partition coefficient (Wildman–Crippen LogP) is 19.5. The van der Waals surface area contributed by atoms with E-state index in [0.29, 0.717) is 17.8 Å². The quantitative estimate of drug-likeness (QED) is 0.117. The third kappa shape index (κ3) is 8.91. The summed E-state index contributed by atoms with van der Waals surface area (Å²) in [6.45, 7) is 25.7. The number of aryl methyl sites for hydroxylation is 1. The molecule has 0 aliphatic heterocycles. The molecule has 354 valence electrons. The van der Waals surface area contributed by atoms with Crippen molar-refractivity contribution in [1.82, 2.24) is 4.57 Å². The van der Waals surface area contributed by atoms with Gasteiger partial charge in [0.1, 0.15) is 0 Å². The van der Waals surface area contributed by atoms with Crippen LogP contribution in [0.25, 0.3) is 60.9 Å². The maximum Gasteiger partial charge on any atom is 0.0541 e. The zero-order valence-electron chi connectivity index (χ0n) is 43.6. The molecule has 3 atom stereocenters. The van der Waals surface area contributed by atoms with Crippen LogP contribution in [0.1, 0.15) is 117 Å².